The predicted molar refractivity (Wildman–Crippen MR) is 62.0 cm³/mol. The van der Waals surface area contributed by atoms with Crippen molar-refractivity contribution in [2.24, 2.45) is 5.73 Å². The van der Waals surface area contributed by atoms with E-state index in [-0.39, 0.29) is 5.91 Å². The van der Waals surface area contributed by atoms with Crippen molar-refractivity contribution in [2.75, 3.05) is 14.2 Å². The summed E-state index contributed by atoms with van der Waals surface area (Å²) in [6.07, 6.45) is 0. The first-order valence-electron chi connectivity index (χ1n) is 4.99. The number of hydrogen-bond donors (Lipinski definition) is 2. The van der Waals surface area contributed by atoms with Gasteiger partial charge in [-0.2, -0.15) is 0 Å². The van der Waals surface area contributed by atoms with Gasteiger partial charge < -0.3 is 11.1 Å². The number of benzene rings is 1. The van der Waals surface area contributed by atoms with E-state index in [0.29, 0.717) is 12.1 Å². The van der Waals surface area contributed by atoms with Crippen LogP contribution in [0.4, 0.5) is 4.79 Å². The first kappa shape index (κ1) is 13.0. The Morgan fingerprint density at radius 2 is 1.94 bits per heavy atom. The SMILES string of the molecule is CON(C)C(=O)c1ccc(CNC(N)=O)cc1. The number of rotatable bonds is 4. The Kier molecular flexibility index (Phi) is 4.47. The van der Waals surface area contributed by atoms with Crippen LogP contribution in [-0.2, 0) is 11.4 Å². The fraction of sp³-hybridized carbons (Fsp3) is 0.273. The number of primary amides is 1. The zero-order valence-corrected chi connectivity index (χ0v) is 9.77. The molecule has 0 radical (unpaired) electrons. The van der Waals surface area contributed by atoms with Crippen LogP contribution in [0.1, 0.15) is 15.9 Å². The summed E-state index contributed by atoms with van der Waals surface area (Å²) >= 11 is 0. The molecule has 0 fully saturated rings. The largest absolute Gasteiger partial charge is 0.352 e. The van der Waals surface area contributed by atoms with Crippen molar-refractivity contribution in [1.82, 2.24) is 10.4 Å². The summed E-state index contributed by atoms with van der Waals surface area (Å²) in [6.45, 7) is 0.337. The Morgan fingerprint density at radius 3 is 2.41 bits per heavy atom. The molecule has 0 heterocycles. The Bertz CT molecular complexity index is 403. The number of nitrogens with one attached hydrogen (secondary N) is 1. The van der Waals surface area contributed by atoms with E-state index in [2.05, 4.69) is 5.32 Å². The minimum Gasteiger partial charge on any atom is -0.352 e. The molecule has 0 saturated carbocycles. The van der Waals surface area contributed by atoms with Gasteiger partial charge in [0, 0.05) is 19.2 Å². The van der Waals surface area contributed by atoms with Crippen LogP contribution in [0.25, 0.3) is 0 Å². The van der Waals surface area contributed by atoms with Gasteiger partial charge in [0.15, 0.2) is 0 Å². The first-order chi connectivity index (χ1) is 8.04. The zero-order chi connectivity index (χ0) is 12.8. The average molecular weight is 237 g/mol. The number of nitrogens with zero attached hydrogens (tertiary/aromatic N) is 1. The zero-order valence-electron chi connectivity index (χ0n) is 9.77. The minimum absolute atomic E-state index is 0.234. The van der Waals surface area contributed by atoms with E-state index in [1.54, 1.807) is 24.3 Å². The van der Waals surface area contributed by atoms with Gasteiger partial charge in [0.2, 0.25) is 0 Å². The number of hydrogen-bond acceptors (Lipinski definition) is 3. The van der Waals surface area contributed by atoms with Crippen LogP contribution >= 0.6 is 0 Å². The Morgan fingerprint density at radius 1 is 1.35 bits per heavy atom. The van der Waals surface area contributed by atoms with Crippen LogP contribution < -0.4 is 11.1 Å². The van der Waals surface area contributed by atoms with Gasteiger partial charge in [-0.3, -0.25) is 9.63 Å². The van der Waals surface area contributed by atoms with E-state index in [9.17, 15) is 9.59 Å². The first-order valence-corrected chi connectivity index (χ1v) is 4.99. The average Bonchev–Trinajstić information content (AvgIpc) is 2.35. The second-order valence-corrected chi connectivity index (χ2v) is 3.40. The summed E-state index contributed by atoms with van der Waals surface area (Å²) in [5, 5.41) is 3.60. The lowest BCUT2D eigenvalue weighted by molar-refractivity contribution is -0.0756. The normalized spacial score (nSPS) is 9.76. The lowest BCUT2D eigenvalue weighted by atomic mass is 10.1. The molecule has 17 heavy (non-hydrogen) atoms. The van der Waals surface area contributed by atoms with Crippen molar-refractivity contribution in [1.29, 1.82) is 0 Å². The van der Waals surface area contributed by atoms with Crippen LogP contribution in [0, 0.1) is 0 Å². The van der Waals surface area contributed by atoms with Crippen molar-refractivity contribution in [3.63, 3.8) is 0 Å². The molecule has 1 aromatic rings. The molecule has 0 unspecified atom stereocenters. The van der Waals surface area contributed by atoms with E-state index >= 15 is 0 Å². The summed E-state index contributed by atoms with van der Waals surface area (Å²) in [5.41, 5.74) is 6.32. The van der Waals surface area contributed by atoms with E-state index in [0.717, 1.165) is 10.6 Å². The molecular formula is C11H15N3O3. The molecule has 0 aliphatic rings. The number of hydroxylamine groups is 2. The molecule has 1 aromatic carbocycles. The molecule has 0 bridgehead atoms. The number of urea groups is 1. The second kappa shape index (κ2) is 5.86. The van der Waals surface area contributed by atoms with Crippen molar-refractivity contribution >= 4 is 11.9 Å². The summed E-state index contributed by atoms with van der Waals surface area (Å²) in [5.74, 6) is -0.234. The van der Waals surface area contributed by atoms with Crippen molar-refractivity contribution in [3.8, 4) is 0 Å². The third kappa shape index (κ3) is 3.76. The smallest absolute Gasteiger partial charge is 0.312 e. The Labute approximate surface area is 99.3 Å². The standard InChI is InChI=1S/C11H15N3O3/c1-14(17-2)10(15)9-5-3-8(4-6-9)7-13-11(12)16/h3-6H,7H2,1-2H3,(H3,12,13,16). The molecule has 0 atom stereocenters. The molecular weight excluding hydrogens is 222 g/mol. The fourth-order valence-electron chi connectivity index (χ4n) is 1.22. The van der Waals surface area contributed by atoms with E-state index in [1.165, 1.54) is 14.2 Å². The summed E-state index contributed by atoms with van der Waals surface area (Å²) in [6, 6.07) is 6.23. The number of nitrogens with two attached hydrogens (primary N) is 1. The topological polar surface area (TPSA) is 84.7 Å². The van der Waals surface area contributed by atoms with Crippen molar-refractivity contribution < 1.29 is 14.4 Å². The molecule has 0 aliphatic carbocycles. The third-order valence-electron chi connectivity index (χ3n) is 2.23. The highest BCUT2D eigenvalue weighted by Crippen LogP contribution is 2.06. The fourth-order valence-corrected chi connectivity index (χ4v) is 1.22. The molecule has 1 rings (SSSR count). The summed E-state index contributed by atoms with van der Waals surface area (Å²) in [7, 11) is 2.95. The number of amides is 3. The van der Waals surface area contributed by atoms with E-state index in [1.807, 2.05) is 0 Å². The van der Waals surface area contributed by atoms with Gasteiger partial charge in [-0.05, 0) is 17.7 Å². The van der Waals surface area contributed by atoms with Gasteiger partial charge in [0.1, 0.15) is 0 Å². The highest BCUT2D eigenvalue weighted by atomic mass is 16.7. The molecule has 6 heteroatoms. The van der Waals surface area contributed by atoms with Crippen LogP contribution in [0.5, 0.6) is 0 Å². The molecule has 0 saturated heterocycles. The predicted octanol–water partition coefficient (Wildman–Crippen LogP) is 0.488. The van der Waals surface area contributed by atoms with Gasteiger partial charge in [-0.25, -0.2) is 9.86 Å². The Balaban J connectivity index is 2.67. The van der Waals surface area contributed by atoms with Crippen LogP contribution in [0.15, 0.2) is 24.3 Å². The maximum absolute atomic E-state index is 11.7. The van der Waals surface area contributed by atoms with Crippen molar-refractivity contribution in [3.05, 3.63) is 35.4 Å². The molecule has 0 aliphatic heterocycles. The highest BCUT2D eigenvalue weighted by Gasteiger charge is 2.10. The number of carbonyl (C=O) groups is 2. The highest BCUT2D eigenvalue weighted by molar-refractivity contribution is 5.93. The van der Waals surface area contributed by atoms with Crippen molar-refractivity contribution in [2.45, 2.75) is 6.54 Å². The molecule has 3 N–H and O–H groups in total. The molecule has 3 amide bonds. The van der Waals surface area contributed by atoms with Crippen LogP contribution in [-0.4, -0.2) is 31.2 Å². The maximum Gasteiger partial charge on any atom is 0.312 e. The van der Waals surface area contributed by atoms with Gasteiger partial charge in [-0.1, -0.05) is 12.1 Å². The third-order valence-corrected chi connectivity index (χ3v) is 2.23. The van der Waals surface area contributed by atoms with E-state index < -0.39 is 6.03 Å². The van der Waals surface area contributed by atoms with Gasteiger partial charge in [-0.15, -0.1) is 0 Å². The summed E-state index contributed by atoms with van der Waals surface area (Å²) < 4.78 is 0. The Hall–Kier alpha value is -2.08. The minimum atomic E-state index is -0.579. The quantitative estimate of drug-likeness (QED) is 0.747. The molecule has 92 valence electrons. The maximum atomic E-state index is 11.7. The summed E-state index contributed by atoms with van der Waals surface area (Å²) in [4.78, 5) is 27.0. The van der Waals surface area contributed by atoms with Crippen LogP contribution in [0.3, 0.4) is 0 Å². The lowest BCUT2D eigenvalue weighted by Crippen LogP contribution is -2.28. The van der Waals surface area contributed by atoms with E-state index in [4.69, 9.17) is 10.6 Å². The monoisotopic (exact) mass is 237 g/mol. The van der Waals surface area contributed by atoms with Gasteiger partial charge in [0.05, 0.1) is 7.11 Å². The molecule has 0 spiro atoms. The molecule has 0 aromatic heterocycles. The molecule has 6 nitrogen and oxygen atoms in total. The lowest BCUT2D eigenvalue weighted by Gasteiger charge is -2.13. The van der Waals surface area contributed by atoms with Crippen LogP contribution in [0.2, 0.25) is 0 Å². The van der Waals surface area contributed by atoms with Gasteiger partial charge in [0.25, 0.3) is 5.91 Å². The number of carbonyl (C=O) groups excluding carboxylic acids is 2. The second-order valence-electron chi connectivity index (χ2n) is 3.40. The van der Waals surface area contributed by atoms with Gasteiger partial charge >= 0.3 is 6.03 Å².